The van der Waals surface area contributed by atoms with Crippen molar-refractivity contribution in [1.29, 1.82) is 0 Å². The van der Waals surface area contributed by atoms with Crippen molar-refractivity contribution >= 4 is 22.8 Å². The molecule has 2 aliphatic rings. The Balaban J connectivity index is 1.18. The average Bonchev–Trinajstić information content (AvgIpc) is 3.74. The van der Waals surface area contributed by atoms with E-state index >= 15 is 0 Å². The Hall–Kier alpha value is -4.27. The van der Waals surface area contributed by atoms with Crippen LogP contribution in [0.4, 0.5) is 9.18 Å². The van der Waals surface area contributed by atoms with Gasteiger partial charge in [0.15, 0.2) is 0 Å². The maximum Gasteiger partial charge on any atom is 0.409 e. The second-order valence-corrected chi connectivity index (χ2v) is 9.72. The van der Waals surface area contributed by atoms with Crippen LogP contribution in [-0.4, -0.2) is 70.4 Å². The molecule has 2 aliphatic heterocycles. The van der Waals surface area contributed by atoms with Crippen molar-refractivity contribution < 1.29 is 18.7 Å². The van der Waals surface area contributed by atoms with Crippen molar-refractivity contribution in [3.63, 3.8) is 0 Å². The number of hydrogen-bond donors (Lipinski definition) is 3. The van der Waals surface area contributed by atoms with E-state index in [9.17, 15) is 18.8 Å². The van der Waals surface area contributed by atoms with Crippen LogP contribution in [0, 0.1) is 18.2 Å². The lowest BCUT2D eigenvalue weighted by Gasteiger charge is -2.34. The summed E-state index contributed by atoms with van der Waals surface area (Å²) in [5.41, 5.74) is 6.83. The number of rotatable bonds is 8. The number of terminal acetylenes is 1. The van der Waals surface area contributed by atoms with E-state index < -0.39 is 17.8 Å². The largest absolute Gasteiger partial charge is 0.449 e. The van der Waals surface area contributed by atoms with Crippen LogP contribution < -0.4 is 16.4 Å². The van der Waals surface area contributed by atoms with Gasteiger partial charge < -0.3 is 14.5 Å². The Kier molecular flexibility index (Phi) is 7.58. The summed E-state index contributed by atoms with van der Waals surface area (Å²) in [5.74, 6) is 1.54. The molecular formula is C28H29FN6O4. The number of nitrogens with zero attached hydrogens (tertiary/aromatic N) is 3. The minimum atomic E-state index is -0.620. The number of halogens is 1. The highest BCUT2D eigenvalue weighted by Gasteiger charge is 2.41. The lowest BCUT2D eigenvalue weighted by atomic mass is 10.0. The van der Waals surface area contributed by atoms with Gasteiger partial charge in [0, 0.05) is 50.8 Å². The van der Waals surface area contributed by atoms with Crippen LogP contribution in [0.2, 0.25) is 0 Å². The molecule has 39 heavy (non-hydrogen) atoms. The van der Waals surface area contributed by atoms with Gasteiger partial charge in [-0.05, 0) is 30.2 Å². The van der Waals surface area contributed by atoms with Gasteiger partial charge in [0.1, 0.15) is 5.82 Å². The molecule has 0 unspecified atom stereocenters. The summed E-state index contributed by atoms with van der Waals surface area (Å²) in [6.45, 7) is 1.34. The number of piperazine rings is 1. The number of nitrogens with one attached hydrogen (secondary N) is 3. The van der Waals surface area contributed by atoms with Crippen LogP contribution in [0.25, 0.3) is 10.8 Å². The quantitative estimate of drug-likeness (QED) is 0.298. The molecule has 3 heterocycles. The van der Waals surface area contributed by atoms with E-state index in [1.165, 1.54) is 17.0 Å². The first-order valence-corrected chi connectivity index (χ1v) is 12.8. The zero-order valence-electron chi connectivity index (χ0n) is 21.3. The van der Waals surface area contributed by atoms with Gasteiger partial charge in [0.25, 0.3) is 11.5 Å². The lowest BCUT2D eigenvalue weighted by Crippen LogP contribution is -2.51. The van der Waals surface area contributed by atoms with E-state index in [1.807, 2.05) is 12.1 Å². The second kappa shape index (κ2) is 11.2. The molecule has 5 rings (SSSR count). The van der Waals surface area contributed by atoms with Crippen molar-refractivity contribution in [2.45, 2.75) is 31.3 Å². The molecule has 10 nitrogen and oxygen atoms in total. The third-order valence-electron chi connectivity index (χ3n) is 7.16. The van der Waals surface area contributed by atoms with E-state index in [1.54, 1.807) is 23.1 Å². The molecule has 0 spiro atoms. The summed E-state index contributed by atoms with van der Waals surface area (Å²) in [4.78, 5) is 40.8. The smallest absolute Gasteiger partial charge is 0.409 e. The molecule has 0 radical (unpaired) electrons. The molecule has 0 bridgehead atoms. The number of fused-ring (bicyclic) bond motifs is 1. The van der Waals surface area contributed by atoms with E-state index in [-0.39, 0.29) is 49.6 Å². The third kappa shape index (κ3) is 5.92. The molecule has 11 heteroatoms. The summed E-state index contributed by atoms with van der Waals surface area (Å²) in [7, 11) is 0. The number of aromatic nitrogens is 2. The summed E-state index contributed by atoms with van der Waals surface area (Å²) >= 11 is 0. The number of carbonyl (C=O) groups is 2. The number of amides is 2. The van der Waals surface area contributed by atoms with Crippen molar-refractivity contribution in [1.82, 2.24) is 30.8 Å². The van der Waals surface area contributed by atoms with Gasteiger partial charge in [-0.1, -0.05) is 24.3 Å². The first-order chi connectivity index (χ1) is 18.9. The fraction of sp³-hybridized carbons (Fsp3) is 0.357. The third-order valence-corrected chi connectivity index (χ3v) is 7.16. The van der Waals surface area contributed by atoms with Gasteiger partial charge in [-0.25, -0.2) is 25.1 Å². The van der Waals surface area contributed by atoms with Crippen molar-refractivity contribution in [3.8, 4) is 12.3 Å². The Morgan fingerprint density at radius 3 is 2.49 bits per heavy atom. The fourth-order valence-electron chi connectivity index (χ4n) is 4.76. The van der Waals surface area contributed by atoms with Gasteiger partial charge in [-0.3, -0.25) is 9.59 Å². The summed E-state index contributed by atoms with van der Waals surface area (Å²) in [6, 6.07) is 11.5. The maximum atomic E-state index is 14.7. The van der Waals surface area contributed by atoms with Crippen LogP contribution in [0.5, 0.6) is 0 Å². The number of H-pyrrole nitrogens is 1. The molecule has 2 aromatic carbocycles. The molecule has 0 aliphatic carbocycles. The number of aromatic amines is 1. The SMILES string of the molecule is C#CCCC1(CCOC(=O)N2CCN(C(=O)c3cc(Cc4n[nH]c(=O)c5ccccc45)ccc3F)CC2)NN1. The summed E-state index contributed by atoms with van der Waals surface area (Å²) in [6.07, 6.45) is 7.15. The zero-order valence-corrected chi connectivity index (χ0v) is 21.3. The molecule has 1 aromatic heterocycles. The number of carbonyl (C=O) groups excluding carboxylic acids is 2. The monoisotopic (exact) mass is 532 g/mol. The maximum absolute atomic E-state index is 14.7. The fourth-order valence-corrected chi connectivity index (χ4v) is 4.76. The lowest BCUT2D eigenvalue weighted by molar-refractivity contribution is 0.0547. The minimum absolute atomic E-state index is 0.0426. The Morgan fingerprint density at radius 1 is 1.05 bits per heavy atom. The van der Waals surface area contributed by atoms with E-state index in [4.69, 9.17) is 11.2 Å². The molecule has 0 saturated carbocycles. The minimum Gasteiger partial charge on any atom is -0.449 e. The average molecular weight is 533 g/mol. The first-order valence-electron chi connectivity index (χ1n) is 12.8. The highest BCUT2D eigenvalue weighted by atomic mass is 19.1. The summed E-state index contributed by atoms with van der Waals surface area (Å²) in [5, 5.41) is 7.89. The molecule has 202 valence electrons. The van der Waals surface area contributed by atoms with Gasteiger partial charge in [0.2, 0.25) is 0 Å². The van der Waals surface area contributed by atoms with Crippen LogP contribution >= 0.6 is 0 Å². The normalized spacial score (nSPS) is 16.1. The topological polar surface area (TPSA) is 139 Å². The van der Waals surface area contributed by atoms with Gasteiger partial charge in [-0.15, -0.1) is 12.3 Å². The molecule has 2 fully saturated rings. The van der Waals surface area contributed by atoms with Crippen LogP contribution in [0.3, 0.4) is 0 Å². The van der Waals surface area contributed by atoms with Crippen molar-refractivity contribution in [2.75, 3.05) is 32.8 Å². The van der Waals surface area contributed by atoms with E-state index in [0.29, 0.717) is 41.3 Å². The Morgan fingerprint density at radius 2 is 1.77 bits per heavy atom. The highest BCUT2D eigenvalue weighted by Crippen LogP contribution is 2.22. The summed E-state index contributed by atoms with van der Waals surface area (Å²) < 4.78 is 20.1. The Bertz CT molecular complexity index is 1490. The zero-order chi connectivity index (χ0) is 27.4. The number of benzene rings is 2. The molecule has 3 aromatic rings. The molecule has 2 amide bonds. The Labute approximate surface area is 224 Å². The van der Waals surface area contributed by atoms with E-state index in [2.05, 4.69) is 27.0 Å². The predicted octanol–water partition coefficient (Wildman–Crippen LogP) is 2.15. The number of hydrogen-bond acceptors (Lipinski definition) is 7. The van der Waals surface area contributed by atoms with Gasteiger partial charge in [-0.2, -0.15) is 5.10 Å². The number of hydrazine groups is 1. The van der Waals surface area contributed by atoms with Crippen LogP contribution in [0.1, 0.15) is 40.9 Å². The van der Waals surface area contributed by atoms with Gasteiger partial charge >= 0.3 is 6.09 Å². The first kappa shape index (κ1) is 26.3. The standard InChI is InChI=1S/C28H29FN6O4/c1-2-3-10-28(32-33-28)11-16-39-27(38)35-14-12-34(13-15-35)26(37)22-17-19(8-9-23(22)29)18-24-20-6-4-5-7-21(20)25(36)31-30-24/h1,4-9,17,32-33H,3,10-16,18H2,(H,31,36). The molecule has 2 saturated heterocycles. The van der Waals surface area contributed by atoms with Crippen molar-refractivity contribution in [3.05, 3.63) is 75.5 Å². The molecular weight excluding hydrogens is 503 g/mol. The van der Waals surface area contributed by atoms with Crippen LogP contribution in [0.15, 0.2) is 47.3 Å². The van der Waals surface area contributed by atoms with Crippen LogP contribution in [-0.2, 0) is 11.2 Å². The molecule has 0 atom stereocenters. The van der Waals surface area contributed by atoms with E-state index in [0.717, 1.165) is 6.42 Å². The van der Waals surface area contributed by atoms with Gasteiger partial charge in [0.05, 0.1) is 28.9 Å². The second-order valence-electron chi connectivity index (χ2n) is 9.72. The number of ether oxygens (including phenoxy) is 1. The molecule has 3 N–H and O–H groups in total. The van der Waals surface area contributed by atoms with Crippen molar-refractivity contribution in [2.24, 2.45) is 0 Å². The highest BCUT2D eigenvalue weighted by molar-refractivity contribution is 5.95. The predicted molar refractivity (Wildman–Crippen MR) is 142 cm³/mol.